The number of hydrogen-bond donors (Lipinski definition) is 0. The Balaban J connectivity index is 1.68. The molecule has 6 heteroatoms. The van der Waals surface area contributed by atoms with E-state index in [2.05, 4.69) is 37.0 Å². The van der Waals surface area contributed by atoms with Crippen LogP contribution in [0.1, 0.15) is 16.7 Å². The van der Waals surface area contributed by atoms with Gasteiger partial charge in [0.25, 0.3) is 0 Å². The number of fused-ring (bicyclic) bond motifs is 1. The van der Waals surface area contributed by atoms with Crippen molar-refractivity contribution in [2.45, 2.75) is 31.7 Å². The molecule has 0 N–H and O–H groups in total. The fourth-order valence-electron chi connectivity index (χ4n) is 2.86. The van der Waals surface area contributed by atoms with E-state index in [9.17, 15) is 8.42 Å². The van der Waals surface area contributed by atoms with Crippen molar-refractivity contribution in [3.8, 4) is 0 Å². The Morgan fingerprint density at radius 1 is 1.29 bits per heavy atom. The largest absolute Gasteiger partial charge is 0.348 e. The van der Waals surface area contributed by atoms with Gasteiger partial charge in [-0.25, -0.2) is 8.42 Å². The zero-order valence-electron chi connectivity index (χ0n) is 12.5. The molecule has 0 spiro atoms. The number of hydrogen-bond acceptors (Lipinski definition) is 5. The highest BCUT2D eigenvalue weighted by atomic mass is 32.2. The third-order valence-corrected chi connectivity index (χ3v) is 7.14. The monoisotopic (exact) mass is 324 g/mol. The second kappa shape index (κ2) is 5.32. The summed E-state index contributed by atoms with van der Waals surface area (Å²) < 4.78 is 23.3. The summed E-state index contributed by atoms with van der Waals surface area (Å²) >= 11 is 1.70. The van der Waals surface area contributed by atoms with Crippen LogP contribution in [0.2, 0.25) is 0 Å². The molecule has 0 unspecified atom stereocenters. The number of aliphatic imine (C=N–C) groups is 1. The highest BCUT2D eigenvalue weighted by molar-refractivity contribution is 8.13. The first-order valence-corrected chi connectivity index (χ1v) is 9.86. The number of nitrogens with zero attached hydrogens (tertiary/aromatic N) is 2. The van der Waals surface area contributed by atoms with Gasteiger partial charge in [0.15, 0.2) is 15.0 Å². The number of likely N-dealkylation sites (N-methyl/N-ethyl adjacent to an activating group) is 1. The Morgan fingerprint density at radius 2 is 2.05 bits per heavy atom. The second-order valence-corrected chi connectivity index (χ2v) is 9.04. The molecule has 0 amide bonds. The fourth-order valence-corrected chi connectivity index (χ4v) is 5.80. The van der Waals surface area contributed by atoms with Gasteiger partial charge < -0.3 is 4.90 Å². The van der Waals surface area contributed by atoms with Crippen LogP contribution in [0, 0.1) is 13.8 Å². The van der Waals surface area contributed by atoms with Crippen molar-refractivity contribution in [3.63, 3.8) is 0 Å². The molecule has 4 nitrogen and oxygen atoms in total. The Bertz CT molecular complexity index is 698. The van der Waals surface area contributed by atoms with Crippen molar-refractivity contribution < 1.29 is 8.42 Å². The van der Waals surface area contributed by atoms with Gasteiger partial charge >= 0.3 is 0 Å². The molecule has 3 rings (SSSR count). The van der Waals surface area contributed by atoms with Gasteiger partial charge in [-0.05, 0) is 30.5 Å². The maximum atomic E-state index is 11.6. The quantitative estimate of drug-likeness (QED) is 0.835. The van der Waals surface area contributed by atoms with Gasteiger partial charge in [0.05, 0.1) is 23.6 Å². The van der Waals surface area contributed by atoms with Gasteiger partial charge in [0, 0.05) is 12.8 Å². The lowest BCUT2D eigenvalue weighted by Gasteiger charge is -2.20. The van der Waals surface area contributed by atoms with Crippen LogP contribution in [-0.4, -0.2) is 49.1 Å². The number of aryl methyl sites for hydroxylation is 2. The molecule has 2 atom stereocenters. The van der Waals surface area contributed by atoms with Crippen LogP contribution in [0.25, 0.3) is 0 Å². The molecule has 114 valence electrons. The normalized spacial score (nSPS) is 26.8. The zero-order valence-corrected chi connectivity index (χ0v) is 14.2. The minimum absolute atomic E-state index is 0.0391. The fraction of sp³-hybridized carbons (Fsp3) is 0.533. The van der Waals surface area contributed by atoms with E-state index in [4.69, 9.17) is 0 Å². The Hall–Kier alpha value is -1.01. The molecule has 1 aromatic carbocycles. The Morgan fingerprint density at radius 3 is 2.71 bits per heavy atom. The molecule has 0 aliphatic carbocycles. The van der Waals surface area contributed by atoms with E-state index in [1.807, 2.05) is 11.9 Å². The van der Waals surface area contributed by atoms with Crippen LogP contribution in [0.15, 0.2) is 23.2 Å². The predicted octanol–water partition coefficient (Wildman–Crippen LogP) is 2.00. The van der Waals surface area contributed by atoms with Crippen LogP contribution in [-0.2, 0) is 15.6 Å². The Labute approximate surface area is 130 Å². The van der Waals surface area contributed by atoms with Crippen molar-refractivity contribution >= 4 is 26.8 Å². The van der Waals surface area contributed by atoms with Crippen LogP contribution in [0.3, 0.4) is 0 Å². The lowest BCUT2D eigenvalue weighted by molar-refractivity contribution is 0.410. The highest BCUT2D eigenvalue weighted by Crippen LogP contribution is 2.31. The maximum absolute atomic E-state index is 11.6. The van der Waals surface area contributed by atoms with E-state index in [1.54, 1.807) is 11.8 Å². The summed E-state index contributed by atoms with van der Waals surface area (Å²) in [4.78, 5) is 6.65. The smallest absolute Gasteiger partial charge is 0.159 e. The minimum Gasteiger partial charge on any atom is -0.348 e. The molecule has 0 aromatic heterocycles. The van der Waals surface area contributed by atoms with Gasteiger partial charge in [-0.3, -0.25) is 4.99 Å². The molecule has 2 aliphatic rings. The minimum atomic E-state index is -2.90. The molecular weight excluding hydrogens is 304 g/mol. The first kappa shape index (κ1) is 14.9. The lowest BCUT2D eigenvalue weighted by atomic mass is 10.1. The van der Waals surface area contributed by atoms with Crippen molar-refractivity contribution in [3.05, 3.63) is 34.9 Å². The third kappa shape index (κ3) is 2.97. The molecule has 1 fully saturated rings. The van der Waals surface area contributed by atoms with E-state index >= 15 is 0 Å². The maximum Gasteiger partial charge on any atom is 0.159 e. The van der Waals surface area contributed by atoms with Gasteiger partial charge in [0.2, 0.25) is 0 Å². The summed E-state index contributed by atoms with van der Waals surface area (Å²) in [7, 11) is -0.941. The molecule has 0 saturated carbocycles. The summed E-state index contributed by atoms with van der Waals surface area (Å²) in [6, 6.07) is 6.48. The summed E-state index contributed by atoms with van der Waals surface area (Å²) in [6.45, 7) is 4.24. The summed E-state index contributed by atoms with van der Waals surface area (Å²) in [5.41, 5.74) is 3.89. The molecular formula is C15H20N2O2S2. The summed E-state index contributed by atoms with van der Waals surface area (Å²) in [6.07, 6.45) is 0. The number of sulfone groups is 1. The summed E-state index contributed by atoms with van der Waals surface area (Å²) in [5.74, 6) is 1.32. The van der Waals surface area contributed by atoms with Gasteiger partial charge in [-0.1, -0.05) is 30.0 Å². The standard InChI is InChI=1S/C15H20N2O2S2/c1-10-4-5-12(6-11(10)2)7-20-15-16-13-8-21(18,19)9-14(13)17(15)3/h4-6,13-14H,7-9H2,1-3H3/t13-,14-/m0/s1. The van der Waals surface area contributed by atoms with Crippen LogP contribution in [0.5, 0.6) is 0 Å². The van der Waals surface area contributed by atoms with Crippen molar-refractivity contribution in [2.24, 2.45) is 4.99 Å². The van der Waals surface area contributed by atoms with Crippen LogP contribution >= 0.6 is 11.8 Å². The van der Waals surface area contributed by atoms with Crippen molar-refractivity contribution in [2.75, 3.05) is 18.6 Å². The molecule has 1 saturated heterocycles. The van der Waals surface area contributed by atoms with Crippen molar-refractivity contribution in [1.29, 1.82) is 0 Å². The van der Waals surface area contributed by atoms with E-state index in [0.29, 0.717) is 0 Å². The van der Waals surface area contributed by atoms with Crippen LogP contribution in [0.4, 0.5) is 0 Å². The van der Waals surface area contributed by atoms with E-state index in [-0.39, 0.29) is 23.6 Å². The lowest BCUT2D eigenvalue weighted by Crippen LogP contribution is -2.35. The molecule has 2 aliphatic heterocycles. The van der Waals surface area contributed by atoms with Gasteiger partial charge in [-0.2, -0.15) is 0 Å². The van der Waals surface area contributed by atoms with E-state index in [0.717, 1.165) is 10.9 Å². The predicted molar refractivity (Wildman–Crippen MR) is 88.6 cm³/mol. The highest BCUT2D eigenvalue weighted by Gasteiger charge is 2.44. The zero-order chi connectivity index (χ0) is 15.2. The van der Waals surface area contributed by atoms with Gasteiger partial charge in [-0.15, -0.1) is 0 Å². The average molecular weight is 324 g/mol. The first-order chi connectivity index (χ1) is 9.85. The topological polar surface area (TPSA) is 49.7 Å². The third-order valence-electron chi connectivity index (χ3n) is 4.31. The molecule has 0 bridgehead atoms. The first-order valence-electron chi connectivity index (χ1n) is 7.06. The van der Waals surface area contributed by atoms with E-state index in [1.165, 1.54) is 16.7 Å². The molecule has 1 aromatic rings. The Kier molecular flexibility index (Phi) is 3.78. The molecule has 21 heavy (non-hydrogen) atoms. The molecule has 0 radical (unpaired) electrons. The number of thioether (sulfide) groups is 1. The second-order valence-electron chi connectivity index (χ2n) is 5.94. The summed E-state index contributed by atoms with van der Waals surface area (Å²) in [5, 5.41) is 0.970. The van der Waals surface area contributed by atoms with Gasteiger partial charge in [0.1, 0.15) is 0 Å². The number of amidine groups is 1. The van der Waals surface area contributed by atoms with Crippen molar-refractivity contribution in [1.82, 2.24) is 4.90 Å². The number of benzene rings is 1. The SMILES string of the molecule is Cc1ccc(CSC2=N[C@H]3CS(=O)(=O)C[C@@H]3N2C)cc1C. The molecule has 2 heterocycles. The average Bonchev–Trinajstić information content (AvgIpc) is 2.85. The van der Waals surface area contributed by atoms with Crippen LogP contribution < -0.4 is 0 Å². The van der Waals surface area contributed by atoms with E-state index < -0.39 is 9.84 Å². The number of rotatable bonds is 2.